The Hall–Kier alpha value is -1.21. The van der Waals surface area contributed by atoms with Gasteiger partial charge in [-0.2, -0.15) is 0 Å². The van der Waals surface area contributed by atoms with E-state index >= 15 is 0 Å². The van der Waals surface area contributed by atoms with E-state index in [1.165, 1.54) is 0 Å². The number of nitrogens with two attached hydrogens (primary N) is 1. The van der Waals surface area contributed by atoms with Gasteiger partial charge in [0.1, 0.15) is 0 Å². The van der Waals surface area contributed by atoms with Gasteiger partial charge in [-0.3, -0.25) is 4.79 Å². The fraction of sp³-hybridized carbons (Fsp3) is 0.700. The van der Waals surface area contributed by atoms with Crippen molar-refractivity contribution in [3.63, 3.8) is 0 Å². The molecule has 2 atom stereocenters. The lowest BCUT2D eigenvalue weighted by atomic mass is 9.64. The Labute approximate surface area is 104 Å². The van der Waals surface area contributed by atoms with E-state index < -0.39 is 0 Å². The molecule has 2 rings (SSSR count). The Bertz CT molecular complexity index is 432. The Morgan fingerprint density at radius 1 is 1.59 bits per heavy atom. The van der Waals surface area contributed by atoms with Crippen LogP contribution in [0.15, 0.2) is 0 Å². The first kappa shape index (κ1) is 12.3. The number of hydrogen-bond acceptors (Lipinski definition) is 6. The first-order valence-corrected chi connectivity index (χ1v) is 6.19. The molecule has 1 heterocycles. The predicted octanol–water partition coefficient (Wildman–Crippen LogP) is 0.664. The lowest BCUT2D eigenvalue weighted by Crippen LogP contribution is -2.61. The molecule has 1 aliphatic carbocycles. The summed E-state index contributed by atoms with van der Waals surface area (Å²) in [7, 11) is 1.69. The Morgan fingerprint density at radius 3 is 2.76 bits per heavy atom. The number of rotatable bonds is 3. The molecule has 0 aliphatic heterocycles. The standard InChI is InChI=1S/C10H16N4O2S/c1-10(2)5(4-6(10)16-3)12-7(15)8-13-14-9(11)17-8/h5-6H,4H2,1-3H3,(H2,11,14)(H,12,15). The molecule has 2 unspecified atom stereocenters. The van der Waals surface area contributed by atoms with Gasteiger partial charge in [-0.05, 0) is 6.42 Å². The molecule has 1 aromatic rings. The molecule has 1 aliphatic rings. The highest BCUT2D eigenvalue weighted by atomic mass is 32.1. The average molecular weight is 256 g/mol. The molecule has 7 heteroatoms. The maximum absolute atomic E-state index is 11.8. The molecule has 0 bridgehead atoms. The van der Waals surface area contributed by atoms with E-state index in [0.29, 0.717) is 10.1 Å². The number of nitrogens with one attached hydrogen (secondary N) is 1. The summed E-state index contributed by atoms with van der Waals surface area (Å²) in [6, 6.07) is 0.102. The second-order valence-corrected chi connectivity index (χ2v) is 5.76. The van der Waals surface area contributed by atoms with Gasteiger partial charge < -0.3 is 15.8 Å². The van der Waals surface area contributed by atoms with E-state index in [9.17, 15) is 4.79 Å². The number of methoxy groups -OCH3 is 1. The third kappa shape index (κ3) is 2.12. The van der Waals surface area contributed by atoms with Gasteiger partial charge in [0.2, 0.25) is 10.1 Å². The zero-order chi connectivity index (χ0) is 12.6. The van der Waals surface area contributed by atoms with Crippen LogP contribution in [0.25, 0.3) is 0 Å². The minimum Gasteiger partial charge on any atom is -0.381 e. The second kappa shape index (κ2) is 4.23. The number of aromatic nitrogens is 2. The number of amides is 1. The van der Waals surface area contributed by atoms with Crippen LogP contribution >= 0.6 is 11.3 Å². The van der Waals surface area contributed by atoms with Crippen LogP contribution in [0, 0.1) is 5.41 Å². The molecule has 0 spiro atoms. The van der Waals surface area contributed by atoms with E-state index in [-0.39, 0.29) is 23.5 Å². The van der Waals surface area contributed by atoms with Crippen molar-refractivity contribution in [1.82, 2.24) is 15.5 Å². The number of nitrogens with zero attached hydrogens (tertiary/aromatic N) is 2. The maximum Gasteiger partial charge on any atom is 0.282 e. The lowest BCUT2D eigenvalue weighted by Gasteiger charge is -2.51. The molecular weight excluding hydrogens is 240 g/mol. The minimum atomic E-state index is -0.216. The summed E-state index contributed by atoms with van der Waals surface area (Å²) in [5.74, 6) is -0.216. The summed E-state index contributed by atoms with van der Waals surface area (Å²) >= 11 is 1.09. The fourth-order valence-corrected chi connectivity index (χ4v) is 2.59. The average Bonchev–Trinajstić information content (AvgIpc) is 2.70. The molecule has 0 saturated heterocycles. The van der Waals surface area contributed by atoms with E-state index in [1.54, 1.807) is 7.11 Å². The van der Waals surface area contributed by atoms with Crippen molar-refractivity contribution in [2.45, 2.75) is 32.4 Å². The number of anilines is 1. The SMILES string of the molecule is COC1CC(NC(=O)c2nnc(N)s2)C1(C)C. The third-order valence-electron chi connectivity index (χ3n) is 3.40. The summed E-state index contributed by atoms with van der Waals surface area (Å²) in [5, 5.41) is 10.9. The van der Waals surface area contributed by atoms with Gasteiger partial charge in [0.15, 0.2) is 0 Å². The fourth-order valence-electron chi connectivity index (χ4n) is 2.08. The Morgan fingerprint density at radius 2 is 2.29 bits per heavy atom. The monoisotopic (exact) mass is 256 g/mol. The van der Waals surface area contributed by atoms with Crippen LogP contribution in [0.1, 0.15) is 30.1 Å². The third-order valence-corrected chi connectivity index (χ3v) is 4.15. The van der Waals surface area contributed by atoms with Crippen molar-refractivity contribution in [1.29, 1.82) is 0 Å². The van der Waals surface area contributed by atoms with Crippen LogP contribution in [-0.4, -0.2) is 35.4 Å². The number of carbonyl (C=O) groups is 1. The lowest BCUT2D eigenvalue weighted by molar-refractivity contribution is -0.0942. The van der Waals surface area contributed by atoms with Crippen LogP contribution in [0.5, 0.6) is 0 Å². The van der Waals surface area contributed by atoms with E-state index in [4.69, 9.17) is 10.5 Å². The molecule has 1 fully saturated rings. The van der Waals surface area contributed by atoms with Gasteiger partial charge in [0.25, 0.3) is 5.91 Å². The van der Waals surface area contributed by atoms with Gasteiger partial charge in [-0.15, -0.1) is 10.2 Å². The number of carbonyl (C=O) groups excluding carboxylic acids is 1. The van der Waals surface area contributed by atoms with Crippen molar-refractivity contribution in [3.05, 3.63) is 5.01 Å². The molecule has 6 nitrogen and oxygen atoms in total. The normalized spacial score (nSPS) is 26.3. The minimum absolute atomic E-state index is 0.0549. The predicted molar refractivity (Wildman–Crippen MR) is 64.8 cm³/mol. The van der Waals surface area contributed by atoms with Crippen molar-refractivity contribution in [3.8, 4) is 0 Å². The highest BCUT2D eigenvalue weighted by Crippen LogP contribution is 2.42. The summed E-state index contributed by atoms with van der Waals surface area (Å²) in [6.45, 7) is 4.15. The summed E-state index contributed by atoms with van der Waals surface area (Å²) < 4.78 is 5.33. The largest absolute Gasteiger partial charge is 0.381 e. The molecule has 3 N–H and O–H groups in total. The maximum atomic E-state index is 11.8. The molecule has 94 valence electrons. The van der Waals surface area contributed by atoms with E-state index in [0.717, 1.165) is 17.8 Å². The zero-order valence-corrected chi connectivity index (χ0v) is 10.9. The quantitative estimate of drug-likeness (QED) is 0.829. The smallest absolute Gasteiger partial charge is 0.282 e. The van der Waals surface area contributed by atoms with E-state index in [2.05, 4.69) is 29.4 Å². The number of hydrogen-bond donors (Lipinski definition) is 2. The highest BCUT2D eigenvalue weighted by molar-refractivity contribution is 7.16. The molecule has 1 aromatic heterocycles. The first-order chi connectivity index (χ1) is 7.95. The van der Waals surface area contributed by atoms with Crippen molar-refractivity contribution in [2.24, 2.45) is 5.41 Å². The molecule has 17 heavy (non-hydrogen) atoms. The molecule has 0 radical (unpaired) electrons. The van der Waals surface area contributed by atoms with Gasteiger partial charge in [-0.1, -0.05) is 25.2 Å². The Balaban J connectivity index is 1.97. The van der Waals surface area contributed by atoms with Gasteiger partial charge in [0, 0.05) is 18.6 Å². The van der Waals surface area contributed by atoms with Crippen LogP contribution in [0.2, 0.25) is 0 Å². The number of ether oxygens (including phenoxy) is 1. The van der Waals surface area contributed by atoms with E-state index in [1.807, 2.05) is 0 Å². The second-order valence-electron chi connectivity index (χ2n) is 4.75. The zero-order valence-electron chi connectivity index (χ0n) is 10.1. The summed E-state index contributed by atoms with van der Waals surface area (Å²) in [6.07, 6.45) is 1.01. The van der Waals surface area contributed by atoms with Gasteiger partial charge in [0.05, 0.1) is 6.10 Å². The molecule has 1 amide bonds. The molecular formula is C10H16N4O2S. The molecule has 0 aromatic carbocycles. The number of nitrogen functional groups attached to an aromatic ring is 1. The molecule has 1 saturated carbocycles. The van der Waals surface area contributed by atoms with Crippen LogP contribution in [0.3, 0.4) is 0 Å². The Kier molecular flexibility index (Phi) is 3.05. The summed E-state index contributed by atoms with van der Waals surface area (Å²) in [4.78, 5) is 11.8. The van der Waals surface area contributed by atoms with Crippen LogP contribution < -0.4 is 11.1 Å². The van der Waals surface area contributed by atoms with Gasteiger partial charge in [-0.25, -0.2) is 0 Å². The van der Waals surface area contributed by atoms with Gasteiger partial charge >= 0.3 is 0 Å². The summed E-state index contributed by atoms with van der Waals surface area (Å²) in [5.41, 5.74) is 5.38. The van der Waals surface area contributed by atoms with Crippen molar-refractivity contribution >= 4 is 22.4 Å². The van der Waals surface area contributed by atoms with Crippen LogP contribution in [0.4, 0.5) is 5.13 Å². The van der Waals surface area contributed by atoms with Crippen molar-refractivity contribution < 1.29 is 9.53 Å². The highest BCUT2D eigenvalue weighted by Gasteiger charge is 2.49. The van der Waals surface area contributed by atoms with Crippen molar-refractivity contribution in [2.75, 3.05) is 12.8 Å². The van der Waals surface area contributed by atoms with Crippen LogP contribution in [-0.2, 0) is 4.74 Å². The topological polar surface area (TPSA) is 90.1 Å². The first-order valence-electron chi connectivity index (χ1n) is 5.37.